The molecule has 5 nitrogen and oxygen atoms in total. The number of hydrogen-bond donors (Lipinski definition) is 3. The molecule has 0 saturated carbocycles. The van der Waals surface area contributed by atoms with Gasteiger partial charge in [0.25, 0.3) is 5.24 Å². The van der Waals surface area contributed by atoms with Crippen molar-refractivity contribution in [2.45, 2.75) is 44.5 Å². The van der Waals surface area contributed by atoms with E-state index >= 15 is 0 Å². The summed E-state index contributed by atoms with van der Waals surface area (Å²) in [4.78, 5) is 19.9. The number of halogens is 1. The molecule has 0 heterocycles. The van der Waals surface area contributed by atoms with Crippen molar-refractivity contribution in [2.75, 3.05) is 12.3 Å². The fourth-order valence-corrected chi connectivity index (χ4v) is 9.81. The summed E-state index contributed by atoms with van der Waals surface area (Å²) in [6.07, 6.45) is 7.77. The molecular weight excluding hydrogens is 747 g/mol. The second-order valence-electron chi connectivity index (χ2n) is 10.5. The van der Waals surface area contributed by atoms with Crippen molar-refractivity contribution in [2.24, 2.45) is 0 Å². The molecule has 3 N–H and O–H groups in total. The van der Waals surface area contributed by atoms with Crippen molar-refractivity contribution >= 4 is 60.2 Å². The second-order valence-corrected chi connectivity index (χ2v) is 15.6. The molecule has 0 amide bonds. The van der Waals surface area contributed by atoms with Crippen LogP contribution in [0, 0.1) is 6.08 Å². The van der Waals surface area contributed by atoms with Crippen LogP contribution < -0.4 is 21.2 Å². The standard InChI is InChI=1S/C27H26P2.C7H9.C5H7ClO5.Ru/c1-5-14-24(15-6-1)28(25-16-7-2-8-17-25)22-13-23-29(26-18-9-3-10-19-26)27-20-11-4-12-21-27;1-2-7-5-3-4-6-7;6-5(11)4(10)3(9)2(8)1-7;/h1-12,14-21H,13,22-23H2;3,5H,2,4H2,1H3;1-4,8-10H;/q;-1;;+1. The minimum absolute atomic E-state index is 0. The summed E-state index contributed by atoms with van der Waals surface area (Å²) in [5, 5.41) is 30.6. The first-order chi connectivity index (χ1) is 22.8. The van der Waals surface area contributed by atoms with Gasteiger partial charge in [-0.05, 0) is 67.4 Å². The van der Waals surface area contributed by atoms with E-state index in [0.717, 1.165) is 12.8 Å². The first-order valence-corrected chi connectivity index (χ1v) is 19.0. The van der Waals surface area contributed by atoms with Crippen LogP contribution in [0.5, 0.6) is 0 Å². The number of carbonyl (C=O) groups is 2. The van der Waals surface area contributed by atoms with Crippen LogP contribution in [-0.2, 0) is 29.1 Å². The molecule has 48 heavy (non-hydrogen) atoms. The average Bonchev–Trinajstić information content (AvgIpc) is 3.67. The molecule has 1 aliphatic carbocycles. The summed E-state index contributed by atoms with van der Waals surface area (Å²) < 4.78 is 0. The van der Waals surface area contributed by atoms with Gasteiger partial charge < -0.3 is 20.1 Å². The number of allylic oxidation sites excluding steroid dienone is 4. The van der Waals surface area contributed by atoms with Crippen LogP contribution in [0.3, 0.4) is 0 Å². The molecule has 0 aromatic heterocycles. The number of aliphatic hydroxyl groups excluding tert-OH is 3. The molecule has 253 valence electrons. The van der Waals surface area contributed by atoms with E-state index in [1.165, 1.54) is 45.5 Å². The van der Waals surface area contributed by atoms with E-state index in [-0.39, 0.29) is 41.6 Å². The van der Waals surface area contributed by atoms with Gasteiger partial charge in [-0.1, -0.05) is 135 Å². The number of aldehydes is 1. The molecular formula is C39H42ClO5P2Ru. The Morgan fingerprint density at radius 3 is 1.38 bits per heavy atom. The Morgan fingerprint density at radius 1 is 0.750 bits per heavy atom. The fraction of sp³-hybridized carbons (Fsp3) is 0.231. The number of aliphatic hydroxyl groups is 3. The SMILES string of the molecule is CCC1=[C-]CC=C1.O=CC(O)C(O)C(O)C(=O)Cl.[Ru+].c1ccc(P(CCCP(c2ccccc2)c2ccccc2)c2ccccc2)cc1. The molecule has 0 aliphatic heterocycles. The van der Waals surface area contributed by atoms with Crippen molar-refractivity contribution in [1.82, 2.24) is 0 Å². The van der Waals surface area contributed by atoms with Crippen LogP contribution >= 0.6 is 27.4 Å². The zero-order valence-corrected chi connectivity index (χ0v) is 31.1. The van der Waals surface area contributed by atoms with Crippen molar-refractivity contribution in [3.63, 3.8) is 0 Å². The fourth-order valence-electron chi connectivity index (χ4n) is 4.73. The van der Waals surface area contributed by atoms with Gasteiger partial charge in [0.15, 0.2) is 12.4 Å². The van der Waals surface area contributed by atoms with E-state index in [1.54, 1.807) is 0 Å². The first kappa shape index (κ1) is 41.5. The Labute approximate surface area is 305 Å². The summed E-state index contributed by atoms with van der Waals surface area (Å²) in [5.74, 6) is 0. The predicted octanol–water partition coefficient (Wildman–Crippen LogP) is 5.76. The molecule has 3 atom stereocenters. The van der Waals surface area contributed by atoms with Crippen LogP contribution in [-0.4, -0.2) is 57.5 Å². The molecule has 1 radical (unpaired) electrons. The Bertz CT molecular complexity index is 1360. The van der Waals surface area contributed by atoms with Crippen LogP contribution in [0.15, 0.2) is 139 Å². The van der Waals surface area contributed by atoms with Gasteiger partial charge in [-0.3, -0.25) is 10.9 Å². The summed E-state index contributed by atoms with van der Waals surface area (Å²) in [6, 6.07) is 44.3. The number of rotatable bonds is 13. The van der Waals surface area contributed by atoms with Gasteiger partial charge in [-0.2, -0.15) is 6.08 Å². The maximum absolute atomic E-state index is 10.1. The molecule has 1 aliphatic rings. The third-order valence-electron chi connectivity index (χ3n) is 7.23. The van der Waals surface area contributed by atoms with Crippen LogP contribution in [0.4, 0.5) is 0 Å². The molecule has 3 unspecified atom stereocenters. The van der Waals surface area contributed by atoms with Crippen molar-refractivity contribution in [3.05, 3.63) is 145 Å². The van der Waals surface area contributed by atoms with Gasteiger partial charge in [0.05, 0.1) is 0 Å². The Balaban J connectivity index is 0.000000347. The Kier molecular flexibility index (Phi) is 20.5. The number of benzene rings is 4. The predicted molar refractivity (Wildman–Crippen MR) is 198 cm³/mol. The molecule has 0 fully saturated rings. The number of carbonyl (C=O) groups excluding carboxylic acids is 2. The first-order valence-electron chi connectivity index (χ1n) is 15.6. The van der Waals surface area contributed by atoms with Crippen LogP contribution in [0.1, 0.15) is 26.2 Å². The van der Waals surface area contributed by atoms with Gasteiger partial charge in [0, 0.05) is 0 Å². The average molecular weight is 789 g/mol. The van der Waals surface area contributed by atoms with Crippen molar-refractivity contribution in [1.29, 1.82) is 0 Å². The van der Waals surface area contributed by atoms with Gasteiger partial charge in [0.1, 0.15) is 12.2 Å². The monoisotopic (exact) mass is 789 g/mol. The zero-order chi connectivity index (χ0) is 33.9. The Morgan fingerprint density at radius 2 is 1.12 bits per heavy atom. The summed E-state index contributed by atoms with van der Waals surface area (Å²) >= 11 is 4.75. The summed E-state index contributed by atoms with van der Waals surface area (Å²) in [5.41, 5.74) is 1.36. The normalized spacial score (nSPS) is 13.5. The maximum Gasteiger partial charge on any atom is 1.00 e. The van der Waals surface area contributed by atoms with E-state index < -0.39 is 23.6 Å². The van der Waals surface area contributed by atoms with E-state index in [2.05, 4.69) is 146 Å². The molecule has 0 spiro atoms. The molecule has 5 rings (SSSR count). The van der Waals surface area contributed by atoms with E-state index in [1.807, 2.05) is 0 Å². The quantitative estimate of drug-likeness (QED) is 0.0527. The van der Waals surface area contributed by atoms with Crippen molar-refractivity contribution in [3.8, 4) is 0 Å². The van der Waals surface area contributed by atoms with Gasteiger partial charge in [-0.25, -0.2) is 11.6 Å². The van der Waals surface area contributed by atoms with Gasteiger partial charge in [0.2, 0.25) is 0 Å². The molecule has 0 bridgehead atoms. The topological polar surface area (TPSA) is 94.8 Å². The summed E-state index contributed by atoms with van der Waals surface area (Å²) in [7, 11) is -0.618. The molecule has 4 aromatic rings. The van der Waals surface area contributed by atoms with E-state index in [9.17, 15) is 9.59 Å². The summed E-state index contributed by atoms with van der Waals surface area (Å²) in [6.45, 7) is 2.15. The number of hydrogen-bond acceptors (Lipinski definition) is 5. The Hall–Kier alpha value is -2.65. The second kappa shape index (κ2) is 23.7. The minimum Gasteiger partial charge on any atom is -0.387 e. The smallest absolute Gasteiger partial charge is 0.387 e. The van der Waals surface area contributed by atoms with E-state index in [4.69, 9.17) is 26.9 Å². The zero-order valence-electron chi connectivity index (χ0n) is 26.8. The maximum atomic E-state index is 10.1. The van der Waals surface area contributed by atoms with Crippen LogP contribution in [0.25, 0.3) is 0 Å². The van der Waals surface area contributed by atoms with Crippen LogP contribution in [0.2, 0.25) is 0 Å². The van der Waals surface area contributed by atoms with Gasteiger partial charge in [-0.15, -0.1) is 6.42 Å². The molecule has 9 heteroatoms. The van der Waals surface area contributed by atoms with Crippen molar-refractivity contribution < 1.29 is 44.4 Å². The minimum atomic E-state index is -1.93. The molecule has 0 saturated heterocycles. The third kappa shape index (κ3) is 14.1. The third-order valence-corrected chi connectivity index (χ3v) is 12.7. The van der Waals surface area contributed by atoms with Gasteiger partial charge >= 0.3 is 19.5 Å². The van der Waals surface area contributed by atoms with E-state index in [0.29, 0.717) is 0 Å². The largest absolute Gasteiger partial charge is 1.00 e. The molecule has 4 aromatic carbocycles.